The molecule has 0 unspecified atom stereocenters. The van der Waals surface area contributed by atoms with Crippen LogP contribution in [0.5, 0.6) is 0 Å². The second kappa shape index (κ2) is 7.48. The van der Waals surface area contributed by atoms with E-state index < -0.39 is 0 Å². The summed E-state index contributed by atoms with van der Waals surface area (Å²) in [5.41, 5.74) is 0.270. The van der Waals surface area contributed by atoms with Crippen molar-refractivity contribution in [1.82, 2.24) is 15.4 Å². The number of rotatable bonds is 4. The number of ether oxygens (including phenoxy) is 1. The molecular weight excluding hydrogens is 330 g/mol. The number of amides is 2. The zero-order chi connectivity index (χ0) is 16.9. The highest BCUT2D eigenvalue weighted by atomic mass is 32.1. The first-order chi connectivity index (χ1) is 11.7. The van der Waals surface area contributed by atoms with Gasteiger partial charge in [-0.05, 0) is 31.2 Å². The van der Waals surface area contributed by atoms with Crippen molar-refractivity contribution < 1.29 is 18.8 Å². The maximum atomic E-state index is 12.3. The lowest BCUT2D eigenvalue weighted by molar-refractivity contribution is 0.0854. The van der Waals surface area contributed by atoms with E-state index in [1.54, 1.807) is 17.9 Å². The molecule has 3 heterocycles. The van der Waals surface area contributed by atoms with Gasteiger partial charge in [0.05, 0.1) is 11.5 Å². The van der Waals surface area contributed by atoms with Gasteiger partial charge in [-0.25, -0.2) is 4.79 Å². The van der Waals surface area contributed by atoms with Crippen LogP contribution < -0.4 is 5.32 Å². The summed E-state index contributed by atoms with van der Waals surface area (Å²) in [6.45, 7) is 3.30. The van der Waals surface area contributed by atoms with Gasteiger partial charge in [-0.1, -0.05) is 11.2 Å². The van der Waals surface area contributed by atoms with Gasteiger partial charge in [-0.3, -0.25) is 4.79 Å². The summed E-state index contributed by atoms with van der Waals surface area (Å²) in [6, 6.07) is 5.50. The predicted molar refractivity (Wildman–Crippen MR) is 88.9 cm³/mol. The third-order valence-corrected chi connectivity index (χ3v) is 4.75. The van der Waals surface area contributed by atoms with Crippen molar-refractivity contribution in [2.75, 3.05) is 19.7 Å². The molecule has 24 heavy (non-hydrogen) atoms. The van der Waals surface area contributed by atoms with Gasteiger partial charge in [0.25, 0.3) is 5.91 Å². The number of thiophene rings is 1. The van der Waals surface area contributed by atoms with E-state index in [9.17, 15) is 9.59 Å². The summed E-state index contributed by atoms with van der Waals surface area (Å²) in [5, 5.41) is 8.73. The van der Waals surface area contributed by atoms with E-state index in [-0.39, 0.29) is 23.7 Å². The second-order valence-corrected chi connectivity index (χ2v) is 6.44. The summed E-state index contributed by atoms with van der Waals surface area (Å²) in [5.74, 6) is 0.337. The number of nitrogens with zero attached hydrogens (tertiary/aromatic N) is 2. The minimum absolute atomic E-state index is 0.0186. The summed E-state index contributed by atoms with van der Waals surface area (Å²) in [6.07, 6.45) is 1.10. The second-order valence-electron chi connectivity index (χ2n) is 5.49. The Hall–Kier alpha value is -2.35. The highest BCUT2D eigenvalue weighted by Crippen LogP contribution is 2.25. The van der Waals surface area contributed by atoms with E-state index in [1.807, 2.05) is 17.5 Å². The minimum atomic E-state index is -0.292. The van der Waals surface area contributed by atoms with Crippen LogP contribution >= 0.6 is 11.3 Å². The zero-order valence-electron chi connectivity index (χ0n) is 13.4. The molecule has 0 spiro atoms. The Bertz CT molecular complexity index is 690. The van der Waals surface area contributed by atoms with Gasteiger partial charge in [0.15, 0.2) is 11.5 Å². The number of hydrogen-bond acceptors (Lipinski definition) is 6. The van der Waals surface area contributed by atoms with Crippen LogP contribution in [0.2, 0.25) is 0 Å². The fourth-order valence-electron chi connectivity index (χ4n) is 2.60. The molecule has 128 valence electrons. The van der Waals surface area contributed by atoms with Crippen molar-refractivity contribution in [3.8, 4) is 10.6 Å². The number of piperidine rings is 1. The largest absolute Gasteiger partial charge is 0.450 e. The first kappa shape index (κ1) is 16.5. The zero-order valence-corrected chi connectivity index (χ0v) is 14.2. The van der Waals surface area contributed by atoms with E-state index in [0.29, 0.717) is 38.3 Å². The Morgan fingerprint density at radius 1 is 1.46 bits per heavy atom. The highest BCUT2D eigenvalue weighted by molar-refractivity contribution is 7.13. The highest BCUT2D eigenvalue weighted by Gasteiger charge is 2.25. The molecule has 1 aliphatic heterocycles. The van der Waals surface area contributed by atoms with Gasteiger partial charge in [0, 0.05) is 25.2 Å². The maximum absolute atomic E-state index is 12.3. The minimum Gasteiger partial charge on any atom is -0.450 e. The molecule has 2 amide bonds. The lowest BCUT2D eigenvalue weighted by atomic mass is 10.1. The first-order valence-electron chi connectivity index (χ1n) is 7.90. The van der Waals surface area contributed by atoms with Crippen molar-refractivity contribution in [2.45, 2.75) is 25.8 Å². The molecular formula is C16H19N3O4S. The molecule has 2 aromatic rings. The number of nitrogens with one attached hydrogen (secondary N) is 1. The Kier molecular flexibility index (Phi) is 5.14. The van der Waals surface area contributed by atoms with Gasteiger partial charge < -0.3 is 19.5 Å². The molecule has 8 heteroatoms. The molecule has 1 saturated heterocycles. The van der Waals surface area contributed by atoms with Crippen LogP contribution in [0.15, 0.2) is 28.1 Å². The van der Waals surface area contributed by atoms with Crippen molar-refractivity contribution in [3.05, 3.63) is 29.3 Å². The topological polar surface area (TPSA) is 84.7 Å². The molecule has 7 nitrogen and oxygen atoms in total. The van der Waals surface area contributed by atoms with Gasteiger partial charge in [0.1, 0.15) is 0 Å². The Morgan fingerprint density at radius 2 is 2.25 bits per heavy atom. The molecule has 1 aliphatic rings. The van der Waals surface area contributed by atoms with E-state index in [2.05, 4.69) is 10.5 Å². The maximum Gasteiger partial charge on any atom is 0.409 e. The lowest BCUT2D eigenvalue weighted by Gasteiger charge is -2.31. The van der Waals surface area contributed by atoms with Gasteiger partial charge >= 0.3 is 6.09 Å². The molecule has 0 aromatic carbocycles. The lowest BCUT2D eigenvalue weighted by Crippen LogP contribution is -2.46. The Balaban J connectivity index is 1.52. The van der Waals surface area contributed by atoms with Gasteiger partial charge in [0.2, 0.25) is 0 Å². The molecule has 1 fully saturated rings. The Labute approximate surface area is 143 Å². The van der Waals surface area contributed by atoms with Crippen LogP contribution in [0.3, 0.4) is 0 Å². The average molecular weight is 349 g/mol. The summed E-state index contributed by atoms with van der Waals surface area (Å²) in [7, 11) is 0. The monoisotopic (exact) mass is 349 g/mol. The van der Waals surface area contributed by atoms with E-state index >= 15 is 0 Å². The van der Waals surface area contributed by atoms with E-state index in [1.165, 1.54) is 11.3 Å². The average Bonchev–Trinajstić information content (AvgIpc) is 3.27. The Morgan fingerprint density at radius 3 is 2.92 bits per heavy atom. The molecule has 0 aliphatic carbocycles. The van der Waals surface area contributed by atoms with Crippen LogP contribution in [0, 0.1) is 0 Å². The van der Waals surface area contributed by atoms with E-state index in [0.717, 1.165) is 4.88 Å². The summed E-state index contributed by atoms with van der Waals surface area (Å²) >= 11 is 1.53. The van der Waals surface area contributed by atoms with Gasteiger partial charge in [-0.15, -0.1) is 11.3 Å². The van der Waals surface area contributed by atoms with Crippen molar-refractivity contribution in [2.24, 2.45) is 0 Å². The molecule has 0 atom stereocenters. The van der Waals surface area contributed by atoms with Crippen LogP contribution in [0.4, 0.5) is 4.79 Å². The number of carbonyl (C=O) groups is 2. The third-order valence-electron chi connectivity index (χ3n) is 3.86. The molecule has 2 aromatic heterocycles. The number of hydrogen-bond donors (Lipinski definition) is 1. The third kappa shape index (κ3) is 3.76. The standard InChI is InChI=1S/C16H19N3O4S/c1-2-22-16(21)19-7-5-11(6-8-19)17-15(20)12-10-13(23-18-12)14-4-3-9-24-14/h3-4,9-11H,2,5-8H2,1H3,(H,17,20). The quantitative estimate of drug-likeness (QED) is 0.917. The fraction of sp³-hybridized carbons (Fsp3) is 0.438. The van der Waals surface area contributed by atoms with Crippen molar-refractivity contribution in [1.29, 1.82) is 0 Å². The van der Waals surface area contributed by atoms with Gasteiger partial charge in [-0.2, -0.15) is 0 Å². The number of carbonyl (C=O) groups excluding carboxylic acids is 2. The fourth-order valence-corrected chi connectivity index (χ4v) is 3.27. The summed E-state index contributed by atoms with van der Waals surface area (Å²) in [4.78, 5) is 26.5. The molecule has 0 saturated carbocycles. The van der Waals surface area contributed by atoms with E-state index in [4.69, 9.17) is 9.26 Å². The smallest absolute Gasteiger partial charge is 0.409 e. The predicted octanol–water partition coefficient (Wildman–Crippen LogP) is 2.75. The molecule has 0 bridgehead atoms. The van der Waals surface area contributed by atoms with Crippen LogP contribution in [-0.2, 0) is 4.74 Å². The van der Waals surface area contributed by atoms with Crippen molar-refractivity contribution in [3.63, 3.8) is 0 Å². The first-order valence-corrected chi connectivity index (χ1v) is 8.78. The van der Waals surface area contributed by atoms with Crippen molar-refractivity contribution >= 4 is 23.3 Å². The molecule has 3 rings (SSSR count). The van der Waals surface area contributed by atoms with Crippen LogP contribution in [0.1, 0.15) is 30.3 Å². The normalized spacial score (nSPS) is 15.3. The SMILES string of the molecule is CCOC(=O)N1CCC(NC(=O)c2cc(-c3cccs3)on2)CC1. The number of aromatic nitrogens is 1. The number of likely N-dealkylation sites (tertiary alicyclic amines) is 1. The molecule has 1 N–H and O–H groups in total. The van der Waals surface area contributed by atoms with Crippen LogP contribution in [0.25, 0.3) is 10.6 Å². The van der Waals surface area contributed by atoms with Crippen LogP contribution in [-0.4, -0.2) is 47.8 Å². The summed E-state index contributed by atoms with van der Waals surface area (Å²) < 4.78 is 10.2. The molecule has 0 radical (unpaired) electrons.